The number of imide groups is 1. The summed E-state index contributed by atoms with van der Waals surface area (Å²) in [7, 11) is 0. The number of anilines is 1. The molecule has 1 saturated heterocycles. The summed E-state index contributed by atoms with van der Waals surface area (Å²) in [5, 5.41) is 0. The van der Waals surface area contributed by atoms with E-state index in [1.165, 1.54) is 17.7 Å². The minimum Gasteiger partial charge on any atom is -0.494 e. The third-order valence-electron chi connectivity index (χ3n) is 6.42. The van der Waals surface area contributed by atoms with Gasteiger partial charge in [-0.25, -0.2) is 0 Å². The van der Waals surface area contributed by atoms with Crippen LogP contribution >= 0.6 is 0 Å². The van der Waals surface area contributed by atoms with Crippen LogP contribution in [0.4, 0.5) is 5.69 Å². The number of nitrogens with zero attached hydrogens (tertiary/aromatic N) is 1. The maximum atomic E-state index is 13.0. The molecule has 4 nitrogen and oxygen atoms in total. The fourth-order valence-electron chi connectivity index (χ4n) is 5.24. The molecule has 1 heterocycles. The van der Waals surface area contributed by atoms with Gasteiger partial charge in [0.15, 0.2) is 0 Å². The van der Waals surface area contributed by atoms with Gasteiger partial charge in [-0.05, 0) is 60.8 Å². The van der Waals surface area contributed by atoms with Crippen LogP contribution in [0.15, 0.2) is 36.4 Å². The van der Waals surface area contributed by atoms with Crippen molar-refractivity contribution in [2.45, 2.75) is 26.2 Å². The first-order valence-corrected chi connectivity index (χ1v) is 8.96. The highest BCUT2D eigenvalue weighted by Crippen LogP contribution is 2.73. The second-order valence-electron chi connectivity index (χ2n) is 7.58. The summed E-state index contributed by atoms with van der Waals surface area (Å²) in [6, 6.07) is 7.33. The summed E-state index contributed by atoms with van der Waals surface area (Å²) in [4.78, 5) is 27.4. The minimum atomic E-state index is -0.133. The van der Waals surface area contributed by atoms with Crippen LogP contribution in [0, 0.1) is 29.1 Å². The van der Waals surface area contributed by atoms with Gasteiger partial charge in [0.25, 0.3) is 0 Å². The molecule has 2 bridgehead atoms. The molecular weight excluding hydrogens is 302 g/mol. The number of hydrogen-bond acceptors (Lipinski definition) is 3. The predicted molar refractivity (Wildman–Crippen MR) is 89.5 cm³/mol. The topological polar surface area (TPSA) is 46.6 Å². The number of hydrogen-bond donors (Lipinski definition) is 0. The molecule has 4 aliphatic rings. The highest BCUT2D eigenvalue weighted by atomic mass is 16.5. The lowest BCUT2D eigenvalue weighted by molar-refractivity contribution is -0.123. The smallest absolute Gasteiger partial charge is 0.238 e. The molecule has 0 N–H and O–H groups in total. The molecular formula is C20H21NO3. The van der Waals surface area contributed by atoms with Crippen LogP contribution in [0.25, 0.3) is 0 Å². The third kappa shape index (κ3) is 1.64. The van der Waals surface area contributed by atoms with E-state index in [0.29, 0.717) is 12.3 Å². The van der Waals surface area contributed by atoms with E-state index in [1.807, 2.05) is 24.3 Å². The SMILES string of the molecule is CCCOc1ccc(N2C(=O)C3C(C2=O)C2C=CC3C23CC3)cc1. The molecule has 4 heteroatoms. The van der Waals surface area contributed by atoms with Crippen molar-refractivity contribution in [2.75, 3.05) is 11.5 Å². The zero-order valence-corrected chi connectivity index (χ0v) is 13.8. The van der Waals surface area contributed by atoms with Crippen molar-refractivity contribution in [1.82, 2.24) is 0 Å². The van der Waals surface area contributed by atoms with Crippen molar-refractivity contribution < 1.29 is 14.3 Å². The van der Waals surface area contributed by atoms with Gasteiger partial charge in [-0.1, -0.05) is 19.1 Å². The van der Waals surface area contributed by atoms with Crippen LogP contribution in [0.3, 0.4) is 0 Å². The summed E-state index contributed by atoms with van der Waals surface area (Å²) in [5.74, 6) is 1.06. The number of allylic oxidation sites excluding steroid dienone is 2. The first-order chi connectivity index (χ1) is 11.7. The average Bonchev–Trinajstić information content (AvgIpc) is 3.19. The second kappa shape index (κ2) is 4.71. The molecule has 24 heavy (non-hydrogen) atoms. The van der Waals surface area contributed by atoms with E-state index in [2.05, 4.69) is 19.1 Å². The lowest BCUT2D eigenvalue weighted by Crippen LogP contribution is -2.34. The molecule has 1 aromatic carbocycles. The largest absolute Gasteiger partial charge is 0.494 e. The Morgan fingerprint density at radius 1 is 1.04 bits per heavy atom. The van der Waals surface area contributed by atoms with Crippen molar-refractivity contribution in [2.24, 2.45) is 29.1 Å². The van der Waals surface area contributed by atoms with Crippen LogP contribution < -0.4 is 9.64 Å². The third-order valence-corrected chi connectivity index (χ3v) is 6.42. The first-order valence-electron chi connectivity index (χ1n) is 8.96. The van der Waals surface area contributed by atoms with Crippen LogP contribution in [-0.4, -0.2) is 18.4 Å². The summed E-state index contributed by atoms with van der Waals surface area (Å²) in [5.41, 5.74) is 0.928. The monoisotopic (exact) mass is 323 g/mol. The molecule has 1 aliphatic heterocycles. The number of carbonyl (C=O) groups is 2. The highest BCUT2D eigenvalue weighted by molar-refractivity contribution is 6.23. The van der Waals surface area contributed by atoms with Crippen molar-refractivity contribution >= 4 is 17.5 Å². The van der Waals surface area contributed by atoms with Crippen molar-refractivity contribution in [1.29, 1.82) is 0 Å². The molecule has 0 radical (unpaired) electrons. The molecule has 124 valence electrons. The number of ether oxygens (including phenoxy) is 1. The van der Waals surface area contributed by atoms with Gasteiger partial charge in [-0.2, -0.15) is 0 Å². The number of amides is 2. The molecule has 4 atom stereocenters. The van der Waals surface area contributed by atoms with E-state index >= 15 is 0 Å². The molecule has 2 amide bonds. The molecule has 4 unspecified atom stereocenters. The van der Waals surface area contributed by atoms with Gasteiger partial charge in [0, 0.05) is 0 Å². The lowest BCUT2D eigenvalue weighted by atomic mass is 9.85. The van der Waals surface area contributed by atoms with Gasteiger partial charge < -0.3 is 4.74 Å². The quantitative estimate of drug-likeness (QED) is 0.631. The Morgan fingerprint density at radius 2 is 1.62 bits per heavy atom. The molecule has 5 rings (SSSR count). The normalized spacial score (nSPS) is 34.3. The maximum Gasteiger partial charge on any atom is 0.238 e. The first kappa shape index (κ1) is 14.3. The van der Waals surface area contributed by atoms with E-state index in [1.54, 1.807) is 0 Å². The molecule has 2 saturated carbocycles. The van der Waals surface area contributed by atoms with Gasteiger partial charge in [-0.3, -0.25) is 14.5 Å². The number of fused-ring (bicyclic) bond motifs is 3. The van der Waals surface area contributed by atoms with Gasteiger partial charge in [-0.15, -0.1) is 0 Å². The highest BCUT2D eigenvalue weighted by Gasteiger charge is 2.73. The summed E-state index contributed by atoms with van der Waals surface area (Å²) in [6.07, 6.45) is 7.70. The Hall–Kier alpha value is -2.10. The summed E-state index contributed by atoms with van der Waals surface area (Å²) in [6.45, 7) is 2.73. The molecule has 0 aromatic heterocycles. The Kier molecular flexibility index (Phi) is 2.80. The summed E-state index contributed by atoms with van der Waals surface area (Å²) >= 11 is 0. The average molecular weight is 323 g/mol. The number of rotatable bonds is 4. The van der Waals surface area contributed by atoms with E-state index < -0.39 is 0 Å². The Labute approximate surface area is 141 Å². The van der Waals surface area contributed by atoms with Gasteiger partial charge in [0.2, 0.25) is 11.8 Å². The molecule has 1 spiro atoms. The lowest BCUT2D eigenvalue weighted by Gasteiger charge is -2.21. The number of carbonyl (C=O) groups excluding carboxylic acids is 2. The minimum absolute atomic E-state index is 0.00430. The molecule has 3 fully saturated rings. The van der Waals surface area contributed by atoms with Crippen LogP contribution in [0.2, 0.25) is 0 Å². The summed E-state index contributed by atoms with van der Waals surface area (Å²) < 4.78 is 5.58. The van der Waals surface area contributed by atoms with Crippen LogP contribution in [0.5, 0.6) is 5.75 Å². The van der Waals surface area contributed by atoms with Crippen LogP contribution in [-0.2, 0) is 9.59 Å². The fraction of sp³-hybridized carbons (Fsp3) is 0.500. The molecule has 1 aromatic rings. The van der Waals surface area contributed by atoms with Crippen LogP contribution in [0.1, 0.15) is 26.2 Å². The van der Waals surface area contributed by atoms with E-state index in [0.717, 1.165) is 12.2 Å². The van der Waals surface area contributed by atoms with Gasteiger partial charge >= 0.3 is 0 Å². The van der Waals surface area contributed by atoms with Crippen molar-refractivity contribution in [3.63, 3.8) is 0 Å². The fourth-order valence-corrected chi connectivity index (χ4v) is 5.24. The van der Waals surface area contributed by atoms with E-state index in [-0.39, 0.29) is 40.9 Å². The zero-order valence-electron chi connectivity index (χ0n) is 13.8. The molecule has 3 aliphatic carbocycles. The Bertz CT molecular complexity index is 713. The number of benzene rings is 1. The Balaban J connectivity index is 1.43. The zero-order chi connectivity index (χ0) is 16.5. The van der Waals surface area contributed by atoms with Gasteiger partial charge in [0.1, 0.15) is 5.75 Å². The Morgan fingerprint density at radius 3 is 2.12 bits per heavy atom. The second-order valence-corrected chi connectivity index (χ2v) is 7.58. The van der Waals surface area contributed by atoms with E-state index in [9.17, 15) is 9.59 Å². The van der Waals surface area contributed by atoms with Crippen molar-refractivity contribution in [3.8, 4) is 5.75 Å². The predicted octanol–water partition coefficient (Wildman–Crippen LogP) is 3.18. The van der Waals surface area contributed by atoms with Gasteiger partial charge in [0.05, 0.1) is 24.1 Å². The van der Waals surface area contributed by atoms with E-state index in [4.69, 9.17) is 4.74 Å². The maximum absolute atomic E-state index is 13.0. The standard InChI is InChI=1S/C20H21NO3/c1-2-11-24-13-5-3-12(4-6-13)21-18(22)16-14-7-8-15(17(16)19(21)23)20(14)9-10-20/h3-8,14-17H,2,9-11H2,1H3. The van der Waals surface area contributed by atoms with Crippen molar-refractivity contribution in [3.05, 3.63) is 36.4 Å².